The molecule has 6 nitrogen and oxygen atoms in total. The molecule has 0 spiro atoms. The number of para-hydroxylation sites is 2. The van der Waals surface area contributed by atoms with Crippen molar-refractivity contribution in [2.75, 3.05) is 36.9 Å². The number of rotatable bonds is 1. The summed E-state index contributed by atoms with van der Waals surface area (Å²) in [6.07, 6.45) is 0. The molecule has 0 atom stereocenters. The lowest BCUT2D eigenvalue weighted by atomic mass is 10.2. The van der Waals surface area contributed by atoms with Crippen molar-refractivity contribution in [3.8, 4) is 0 Å². The van der Waals surface area contributed by atoms with Crippen molar-refractivity contribution in [2.45, 2.75) is 0 Å². The second kappa shape index (κ2) is 5.71. The van der Waals surface area contributed by atoms with Crippen LogP contribution in [0.4, 0.5) is 11.4 Å². The highest BCUT2D eigenvalue weighted by Gasteiger charge is 2.28. The predicted octanol–water partition coefficient (Wildman–Crippen LogP) is 0.880. The highest BCUT2D eigenvalue weighted by Crippen LogP contribution is 2.27. The summed E-state index contributed by atoms with van der Waals surface area (Å²) in [6, 6.07) is 7.53. The maximum absolute atomic E-state index is 12.6. The maximum Gasteiger partial charge on any atom is 0.260 e. The van der Waals surface area contributed by atoms with Gasteiger partial charge in [-0.05, 0) is 12.1 Å². The molecule has 1 aromatic carbocycles. The van der Waals surface area contributed by atoms with E-state index in [9.17, 15) is 4.79 Å². The quantitative estimate of drug-likeness (QED) is 0.669. The van der Waals surface area contributed by atoms with E-state index in [1.165, 1.54) is 0 Å². The lowest BCUT2D eigenvalue weighted by molar-refractivity contribution is -0.130. The third-order valence-corrected chi connectivity index (χ3v) is 3.76. The molecule has 2 aliphatic heterocycles. The number of hydrogen-bond acceptors (Lipinski definition) is 5. The molecule has 1 amide bonds. The van der Waals surface area contributed by atoms with Crippen LogP contribution in [0.2, 0.25) is 0 Å². The van der Waals surface area contributed by atoms with Crippen LogP contribution in [-0.4, -0.2) is 42.1 Å². The molecule has 2 heterocycles. The van der Waals surface area contributed by atoms with E-state index in [4.69, 9.17) is 22.7 Å². The van der Waals surface area contributed by atoms with Crippen LogP contribution in [0.25, 0.3) is 0 Å². The fourth-order valence-electron chi connectivity index (χ4n) is 2.35. The number of amides is 1. The Balaban J connectivity index is 1.91. The minimum Gasteiger partial charge on any atom is -0.384 e. The molecule has 0 radical (unpaired) electrons. The van der Waals surface area contributed by atoms with Crippen LogP contribution in [0.1, 0.15) is 0 Å². The van der Waals surface area contributed by atoms with Crippen molar-refractivity contribution >= 4 is 34.5 Å². The fraction of sp³-hybridized carbons (Fsp3) is 0.286. The van der Waals surface area contributed by atoms with Crippen LogP contribution in [0.5, 0.6) is 0 Å². The maximum atomic E-state index is 12.6. The zero-order valence-corrected chi connectivity index (χ0v) is 12.2. The molecule has 1 aromatic rings. The van der Waals surface area contributed by atoms with Gasteiger partial charge in [0.15, 0.2) is 0 Å². The van der Waals surface area contributed by atoms with E-state index in [1.807, 2.05) is 24.3 Å². The first-order valence-electron chi connectivity index (χ1n) is 6.71. The van der Waals surface area contributed by atoms with Gasteiger partial charge in [0.1, 0.15) is 16.4 Å². The SMILES string of the molecule is NC1=C(C(=O)N2CCOCC2)C(=S)Nc2ccccc2N1. The molecule has 110 valence electrons. The highest BCUT2D eigenvalue weighted by molar-refractivity contribution is 7.81. The van der Waals surface area contributed by atoms with E-state index in [1.54, 1.807) is 4.90 Å². The molecule has 0 aromatic heterocycles. The summed E-state index contributed by atoms with van der Waals surface area (Å²) >= 11 is 5.34. The summed E-state index contributed by atoms with van der Waals surface area (Å²) < 4.78 is 5.26. The third-order valence-electron chi connectivity index (χ3n) is 3.45. The van der Waals surface area contributed by atoms with Crippen molar-refractivity contribution in [2.24, 2.45) is 5.73 Å². The molecule has 7 heteroatoms. The van der Waals surface area contributed by atoms with Gasteiger partial charge in [0.25, 0.3) is 5.91 Å². The molecule has 0 unspecified atom stereocenters. The van der Waals surface area contributed by atoms with E-state index >= 15 is 0 Å². The van der Waals surface area contributed by atoms with Gasteiger partial charge in [-0.3, -0.25) is 4.79 Å². The molecular formula is C14H16N4O2S. The van der Waals surface area contributed by atoms with Gasteiger partial charge in [-0.15, -0.1) is 0 Å². The van der Waals surface area contributed by atoms with E-state index < -0.39 is 0 Å². The summed E-state index contributed by atoms with van der Waals surface area (Å²) in [4.78, 5) is 14.7. The Labute approximate surface area is 127 Å². The predicted molar refractivity (Wildman–Crippen MR) is 84.9 cm³/mol. The average molecular weight is 304 g/mol. The first kappa shape index (κ1) is 13.8. The first-order valence-corrected chi connectivity index (χ1v) is 7.12. The summed E-state index contributed by atoms with van der Waals surface area (Å²) in [7, 11) is 0. The van der Waals surface area contributed by atoms with Gasteiger partial charge in [-0.2, -0.15) is 0 Å². The van der Waals surface area contributed by atoms with Crippen LogP contribution in [0.15, 0.2) is 35.7 Å². The number of fused-ring (bicyclic) bond motifs is 1. The van der Waals surface area contributed by atoms with Crippen LogP contribution >= 0.6 is 12.2 Å². The molecule has 2 aliphatic rings. The first-order chi connectivity index (χ1) is 10.2. The van der Waals surface area contributed by atoms with Gasteiger partial charge >= 0.3 is 0 Å². The Kier molecular flexibility index (Phi) is 3.76. The number of nitrogens with zero attached hydrogens (tertiary/aromatic N) is 1. The van der Waals surface area contributed by atoms with E-state index in [2.05, 4.69) is 10.6 Å². The molecule has 4 N–H and O–H groups in total. The van der Waals surface area contributed by atoms with E-state index in [0.29, 0.717) is 36.9 Å². The Morgan fingerprint density at radius 1 is 1.19 bits per heavy atom. The van der Waals surface area contributed by atoms with Crippen molar-refractivity contribution in [3.63, 3.8) is 0 Å². The Bertz CT molecular complexity index is 623. The topological polar surface area (TPSA) is 79.6 Å². The fourth-order valence-corrected chi connectivity index (χ4v) is 2.66. The van der Waals surface area contributed by atoms with Crippen molar-refractivity contribution in [1.82, 2.24) is 4.90 Å². The normalized spacial score (nSPS) is 18.5. The van der Waals surface area contributed by atoms with E-state index in [0.717, 1.165) is 11.4 Å². The molecule has 0 aliphatic carbocycles. The molecular weight excluding hydrogens is 288 g/mol. The second-order valence-corrected chi connectivity index (χ2v) is 5.23. The number of carbonyl (C=O) groups is 1. The Morgan fingerprint density at radius 3 is 2.48 bits per heavy atom. The summed E-state index contributed by atoms with van der Waals surface area (Å²) in [6.45, 7) is 2.16. The molecule has 1 fully saturated rings. The third kappa shape index (κ3) is 2.70. The van der Waals surface area contributed by atoms with Crippen LogP contribution < -0.4 is 16.4 Å². The minimum atomic E-state index is -0.173. The standard InChI is InChI=1S/C14H16N4O2S/c15-12-11(14(19)18-5-7-20-8-6-18)13(21)17-10-4-2-1-3-9(10)16-12/h1-4,16H,5-8,15H2,(H,17,21). The summed E-state index contributed by atoms with van der Waals surface area (Å²) in [5, 5.41) is 6.13. The zero-order chi connectivity index (χ0) is 14.8. The van der Waals surface area contributed by atoms with Gasteiger partial charge in [-0.25, -0.2) is 0 Å². The van der Waals surface area contributed by atoms with Crippen molar-refractivity contribution < 1.29 is 9.53 Å². The average Bonchev–Trinajstić information content (AvgIpc) is 2.62. The molecule has 0 saturated carbocycles. The van der Waals surface area contributed by atoms with Crippen molar-refractivity contribution in [3.05, 3.63) is 35.7 Å². The minimum absolute atomic E-state index is 0.173. The second-order valence-electron chi connectivity index (χ2n) is 4.82. The number of ether oxygens (including phenoxy) is 1. The molecule has 3 rings (SSSR count). The smallest absolute Gasteiger partial charge is 0.260 e. The number of thiocarbonyl (C=S) groups is 1. The van der Waals surface area contributed by atoms with Crippen LogP contribution in [0.3, 0.4) is 0 Å². The summed E-state index contributed by atoms with van der Waals surface area (Å²) in [5.41, 5.74) is 7.96. The number of carbonyl (C=O) groups excluding carboxylic acids is 1. The molecule has 0 bridgehead atoms. The number of anilines is 2. The van der Waals surface area contributed by atoms with Gasteiger partial charge in [0, 0.05) is 13.1 Å². The van der Waals surface area contributed by atoms with Crippen LogP contribution in [-0.2, 0) is 9.53 Å². The number of benzene rings is 1. The monoisotopic (exact) mass is 304 g/mol. The molecule has 1 saturated heterocycles. The largest absolute Gasteiger partial charge is 0.384 e. The number of nitrogens with one attached hydrogen (secondary N) is 2. The van der Waals surface area contributed by atoms with Crippen LogP contribution in [0, 0.1) is 0 Å². The van der Waals surface area contributed by atoms with E-state index in [-0.39, 0.29) is 11.7 Å². The zero-order valence-electron chi connectivity index (χ0n) is 11.4. The van der Waals surface area contributed by atoms with Crippen molar-refractivity contribution in [1.29, 1.82) is 0 Å². The summed E-state index contributed by atoms with van der Waals surface area (Å²) in [5.74, 6) is 0.0996. The number of morpholine rings is 1. The van der Waals surface area contributed by atoms with Gasteiger partial charge in [0.2, 0.25) is 0 Å². The lowest BCUT2D eigenvalue weighted by Crippen LogP contribution is -2.43. The highest BCUT2D eigenvalue weighted by atomic mass is 32.1. The van der Waals surface area contributed by atoms with Gasteiger partial charge in [0.05, 0.1) is 24.6 Å². The van der Waals surface area contributed by atoms with Gasteiger partial charge in [-0.1, -0.05) is 24.4 Å². The Hall–Kier alpha value is -2.12. The van der Waals surface area contributed by atoms with Gasteiger partial charge < -0.3 is 26.0 Å². The molecule has 21 heavy (non-hydrogen) atoms. The Morgan fingerprint density at radius 2 is 1.81 bits per heavy atom. The lowest BCUT2D eigenvalue weighted by Gasteiger charge is -2.28. The number of hydrogen-bond donors (Lipinski definition) is 3. The number of nitrogens with two attached hydrogens (primary N) is 1.